The van der Waals surface area contributed by atoms with Crippen molar-refractivity contribution in [3.05, 3.63) is 35.9 Å². The number of hydrogen-bond acceptors (Lipinski definition) is 3. The highest BCUT2D eigenvalue weighted by molar-refractivity contribution is 5.67. The Bertz CT molecular complexity index is 426. The van der Waals surface area contributed by atoms with Crippen molar-refractivity contribution >= 4 is 6.09 Å². The number of rotatable bonds is 2. The van der Waals surface area contributed by atoms with Crippen molar-refractivity contribution in [1.29, 1.82) is 0 Å². The Kier molecular flexibility index (Phi) is 5.35. The smallest absolute Gasteiger partial charge is 0.410 e. The first-order valence-corrected chi connectivity index (χ1v) is 6.94. The molecule has 1 heterocycles. The predicted molar refractivity (Wildman–Crippen MR) is 73.0 cm³/mol. The average molecular weight is 281 g/mol. The number of benzene rings is 1. The maximum atomic E-state index is 13.5. The lowest BCUT2D eigenvalue weighted by atomic mass is 10.0. The van der Waals surface area contributed by atoms with E-state index in [4.69, 9.17) is 4.74 Å². The molecule has 110 valence electrons. The Morgan fingerprint density at radius 1 is 1.30 bits per heavy atom. The number of nitrogens with zero attached hydrogens (tertiary/aromatic N) is 1. The topological polar surface area (TPSA) is 49.8 Å². The molecular formula is C15H20FNO3. The third-order valence-corrected chi connectivity index (χ3v) is 3.48. The van der Waals surface area contributed by atoms with Gasteiger partial charge in [-0.2, -0.15) is 0 Å². The van der Waals surface area contributed by atoms with Crippen molar-refractivity contribution in [2.45, 2.75) is 38.1 Å². The zero-order valence-corrected chi connectivity index (χ0v) is 11.4. The van der Waals surface area contributed by atoms with Crippen LogP contribution < -0.4 is 0 Å². The fraction of sp³-hybridized carbons (Fsp3) is 0.533. The molecule has 0 bridgehead atoms. The summed E-state index contributed by atoms with van der Waals surface area (Å²) < 4.78 is 18.7. The summed E-state index contributed by atoms with van der Waals surface area (Å²) in [5.41, 5.74) is 0.923. The van der Waals surface area contributed by atoms with Crippen LogP contribution in [0.2, 0.25) is 0 Å². The Morgan fingerprint density at radius 3 is 2.80 bits per heavy atom. The van der Waals surface area contributed by atoms with E-state index >= 15 is 0 Å². The normalized spacial score (nSPS) is 23.8. The summed E-state index contributed by atoms with van der Waals surface area (Å²) in [6.07, 6.45) is -1.47. The molecule has 5 heteroatoms. The number of ether oxygens (including phenoxy) is 1. The minimum absolute atomic E-state index is 0.154. The van der Waals surface area contributed by atoms with Gasteiger partial charge in [0.25, 0.3) is 0 Å². The lowest BCUT2D eigenvalue weighted by Crippen LogP contribution is -2.39. The van der Waals surface area contributed by atoms with Crippen molar-refractivity contribution < 1.29 is 19.0 Å². The molecule has 0 saturated carbocycles. The number of likely N-dealkylation sites (tertiary alicyclic amines) is 1. The van der Waals surface area contributed by atoms with Crippen LogP contribution in [0.15, 0.2) is 30.3 Å². The van der Waals surface area contributed by atoms with Crippen molar-refractivity contribution in [2.24, 2.45) is 0 Å². The molecule has 1 aliphatic rings. The summed E-state index contributed by atoms with van der Waals surface area (Å²) in [6.45, 7) is 1.00. The molecule has 0 spiro atoms. The molecule has 2 rings (SSSR count). The maximum absolute atomic E-state index is 13.5. The molecule has 2 unspecified atom stereocenters. The van der Waals surface area contributed by atoms with Crippen LogP contribution in [0.1, 0.15) is 24.8 Å². The second-order valence-electron chi connectivity index (χ2n) is 5.04. The quantitative estimate of drug-likeness (QED) is 0.906. The minimum Gasteiger partial charge on any atom is -0.445 e. The molecule has 0 aliphatic carbocycles. The molecule has 20 heavy (non-hydrogen) atoms. The number of amides is 1. The summed E-state index contributed by atoms with van der Waals surface area (Å²) in [7, 11) is 0. The van der Waals surface area contributed by atoms with E-state index in [1.807, 2.05) is 30.3 Å². The van der Waals surface area contributed by atoms with Crippen LogP contribution in [0.3, 0.4) is 0 Å². The van der Waals surface area contributed by atoms with Gasteiger partial charge in [0.15, 0.2) is 0 Å². The summed E-state index contributed by atoms with van der Waals surface area (Å²) in [6, 6.07) is 9.43. The standard InChI is InChI=1S/C15H20FNO3/c16-13-8-10-17(9-4-7-14(13)18)15(19)20-11-12-5-2-1-3-6-12/h1-3,5-6,13-14,18H,4,7-11H2. The van der Waals surface area contributed by atoms with Gasteiger partial charge in [-0.05, 0) is 24.8 Å². The van der Waals surface area contributed by atoms with E-state index in [1.54, 1.807) is 0 Å². The Hall–Kier alpha value is -1.62. The van der Waals surface area contributed by atoms with Gasteiger partial charge in [-0.25, -0.2) is 9.18 Å². The van der Waals surface area contributed by atoms with E-state index in [2.05, 4.69) is 0 Å². The van der Waals surface area contributed by atoms with Crippen LogP contribution in [0.4, 0.5) is 9.18 Å². The van der Waals surface area contributed by atoms with Crippen molar-refractivity contribution in [2.75, 3.05) is 13.1 Å². The van der Waals surface area contributed by atoms with Gasteiger partial charge in [0.2, 0.25) is 0 Å². The van der Waals surface area contributed by atoms with Crippen LogP contribution in [0.5, 0.6) is 0 Å². The van der Waals surface area contributed by atoms with Crippen LogP contribution in [0, 0.1) is 0 Å². The highest BCUT2D eigenvalue weighted by Crippen LogP contribution is 2.16. The molecular weight excluding hydrogens is 261 g/mol. The molecule has 1 aromatic rings. The molecule has 1 fully saturated rings. The number of aliphatic hydroxyl groups is 1. The zero-order valence-electron chi connectivity index (χ0n) is 11.4. The first kappa shape index (κ1) is 14.8. The number of aliphatic hydroxyl groups excluding tert-OH is 1. The zero-order chi connectivity index (χ0) is 14.4. The predicted octanol–water partition coefficient (Wildman–Crippen LogP) is 2.51. The lowest BCUT2D eigenvalue weighted by molar-refractivity contribution is 0.0371. The third kappa shape index (κ3) is 4.20. The minimum atomic E-state index is -1.26. The van der Waals surface area contributed by atoms with Crippen LogP contribution in [-0.2, 0) is 11.3 Å². The van der Waals surface area contributed by atoms with Gasteiger partial charge in [-0.15, -0.1) is 0 Å². The third-order valence-electron chi connectivity index (χ3n) is 3.48. The summed E-state index contributed by atoms with van der Waals surface area (Å²) in [5, 5.41) is 9.45. The number of halogens is 1. The summed E-state index contributed by atoms with van der Waals surface area (Å²) >= 11 is 0. The fourth-order valence-corrected chi connectivity index (χ4v) is 2.25. The van der Waals surface area contributed by atoms with Crippen molar-refractivity contribution in [1.82, 2.24) is 4.90 Å². The largest absolute Gasteiger partial charge is 0.445 e. The van der Waals surface area contributed by atoms with Gasteiger partial charge in [0.1, 0.15) is 12.8 Å². The molecule has 0 aromatic heterocycles. The van der Waals surface area contributed by atoms with Crippen LogP contribution in [0.25, 0.3) is 0 Å². The van der Waals surface area contributed by atoms with Gasteiger partial charge >= 0.3 is 6.09 Å². The van der Waals surface area contributed by atoms with E-state index < -0.39 is 18.4 Å². The molecule has 4 nitrogen and oxygen atoms in total. The molecule has 1 N–H and O–H groups in total. The van der Waals surface area contributed by atoms with E-state index in [1.165, 1.54) is 4.90 Å². The lowest BCUT2D eigenvalue weighted by Gasteiger charge is -2.27. The van der Waals surface area contributed by atoms with Crippen molar-refractivity contribution in [3.8, 4) is 0 Å². The molecule has 1 saturated heterocycles. The van der Waals surface area contributed by atoms with E-state index in [0.717, 1.165) is 5.56 Å². The SMILES string of the molecule is O=C(OCc1ccccc1)N1CCCC(O)C(F)CC1. The highest BCUT2D eigenvalue weighted by Gasteiger charge is 2.25. The maximum Gasteiger partial charge on any atom is 0.410 e. The molecule has 1 aromatic carbocycles. The van der Waals surface area contributed by atoms with Crippen LogP contribution in [-0.4, -0.2) is 41.5 Å². The van der Waals surface area contributed by atoms with Gasteiger partial charge < -0.3 is 14.7 Å². The molecule has 1 amide bonds. The number of carbonyl (C=O) groups excluding carboxylic acids is 1. The molecule has 2 atom stereocenters. The van der Waals surface area contributed by atoms with Gasteiger partial charge in [0.05, 0.1) is 6.10 Å². The monoisotopic (exact) mass is 281 g/mol. The average Bonchev–Trinajstić information content (AvgIpc) is 2.47. The summed E-state index contributed by atoms with van der Waals surface area (Å²) in [4.78, 5) is 13.5. The number of alkyl halides is 1. The number of carbonyl (C=O) groups is 1. The first-order chi connectivity index (χ1) is 9.66. The van der Waals surface area contributed by atoms with Crippen LogP contribution >= 0.6 is 0 Å². The first-order valence-electron chi connectivity index (χ1n) is 6.94. The second kappa shape index (κ2) is 7.24. The van der Waals surface area contributed by atoms with Gasteiger partial charge in [-0.3, -0.25) is 0 Å². The molecule has 1 aliphatic heterocycles. The Morgan fingerprint density at radius 2 is 2.05 bits per heavy atom. The fourth-order valence-electron chi connectivity index (χ4n) is 2.25. The summed E-state index contributed by atoms with van der Waals surface area (Å²) in [5.74, 6) is 0. The Balaban J connectivity index is 1.82. The highest BCUT2D eigenvalue weighted by atomic mass is 19.1. The van der Waals surface area contributed by atoms with Crippen molar-refractivity contribution in [3.63, 3.8) is 0 Å². The van der Waals surface area contributed by atoms with E-state index in [-0.39, 0.29) is 19.6 Å². The molecule has 0 radical (unpaired) electrons. The van der Waals surface area contributed by atoms with Gasteiger partial charge in [0, 0.05) is 13.1 Å². The second-order valence-corrected chi connectivity index (χ2v) is 5.04. The van der Waals surface area contributed by atoms with E-state index in [0.29, 0.717) is 19.4 Å². The number of hydrogen-bond donors (Lipinski definition) is 1. The Labute approximate surface area is 118 Å². The van der Waals surface area contributed by atoms with E-state index in [9.17, 15) is 14.3 Å². The van der Waals surface area contributed by atoms with Gasteiger partial charge in [-0.1, -0.05) is 30.3 Å².